The number of rotatable bonds is 5. The normalized spacial score (nSPS) is 12.8. The minimum absolute atomic E-state index is 0.149. The number of hydrogen-bond acceptors (Lipinski definition) is 4. The third-order valence-electron chi connectivity index (χ3n) is 3.20. The molecule has 0 aliphatic heterocycles. The van der Waals surface area contributed by atoms with Crippen molar-refractivity contribution < 1.29 is 22.0 Å². The highest BCUT2D eigenvalue weighted by Gasteiger charge is 2.34. The summed E-state index contributed by atoms with van der Waals surface area (Å²) in [6, 6.07) is 3.18. The fourth-order valence-corrected chi connectivity index (χ4v) is 1.77. The van der Waals surface area contributed by atoms with Crippen molar-refractivity contribution in [1.82, 2.24) is 9.97 Å². The van der Waals surface area contributed by atoms with Crippen molar-refractivity contribution >= 4 is 17.5 Å². The monoisotopic (exact) mass is 346 g/mol. The van der Waals surface area contributed by atoms with Gasteiger partial charge in [-0.05, 0) is 25.5 Å². The van der Waals surface area contributed by atoms with Crippen LogP contribution in [0.5, 0.6) is 0 Å². The molecular weight excluding hydrogens is 331 g/mol. The van der Waals surface area contributed by atoms with Gasteiger partial charge in [-0.2, -0.15) is 18.2 Å². The third-order valence-corrected chi connectivity index (χ3v) is 3.20. The van der Waals surface area contributed by atoms with E-state index in [1.54, 1.807) is 6.92 Å². The first-order chi connectivity index (χ1) is 11.2. The molecule has 0 unspecified atom stereocenters. The molecule has 0 radical (unpaired) electrons. The lowest BCUT2D eigenvalue weighted by molar-refractivity contribution is -0.141. The summed E-state index contributed by atoms with van der Waals surface area (Å²) in [7, 11) is 0. The van der Waals surface area contributed by atoms with Gasteiger partial charge >= 0.3 is 6.18 Å². The highest BCUT2D eigenvalue weighted by Crippen LogP contribution is 2.31. The van der Waals surface area contributed by atoms with Crippen molar-refractivity contribution in [3.8, 4) is 0 Å². The number of aromatic nitrogens is 2. The second-order valence-electron chi connectivity index (χ2n) is 5.16. The summed E-state index contributed by atoms with van der Waals surface area (Å²) in [6.45, 7) is 3.61. The molecule has 2 rings (SSSR count). The summed E-state index contributed by atoms with van der Waals surface area (Å²) < 4.78 is 65.5. The largest absolute Gasteiger partial charge is 0.433 e. The topological polar surface area (TPSA) is 49.8 Å². The predicted octanol–water partition coefficient (Wildman–Crippen LogP) is 4.73. The molecule has 0 bridgehead atoms. The maximum absolute atomic E-state index is 13.7. The van der Waals surface area contributed by atoms with E-state index >= 15 is 0 Å². The van der Waals surface area contributed by atoms with Crippen LogP contribution >= 0.6 is 0 Å². The van der Waals surface area contributed by atoms with Crippen molar-refractivity contribution in [3.05, 3.63) is 41.6 Å². The van der Waals surface area contributed by atoms with E-state index in [0.717, 1.165) is 12.1 Å². The smallest absolute Gasteiger partial charge is 0.352 e. The van der Waals surface area contributed by atoms with Gasteiger partial charge in [0.1, 0.15) is 17.5 Å². The number of anilines is 3. The lowest BCUT2D eigenvalue weighted by atomic mass is 10.2. The van der Waals surface area contributed by atoms with Crippen molar-refractivity contribution in [2.45, 2.75) is 32.5 Å². The molecule has 0 fully saturated rings. The van der Waals surface area contributed by atoms with E-state index in [1.165, 1.54) is 0 Å². The van der Waals surface area contributed by atoms with Crippen LogP contribution in [0.4, 0.5) is 39.4 Å². The molecule has 2 N–H and O–H groups in total. The van der Waals surface area contributed by atoms with Gasteiger partial charge in [-0.15, -0.1) is 0 Å². The van der Waals surface area contributed by atoms with Crippen molar-refractivity contribution in [2.24, 2.45) is 0 Å². The third kappa shape index (κ3) is 4.53. The van der Waals surface area contributed by atoms with E-state index < -0.39 is 23.5 Å². The summed E-state index contributed by atoms with van der Waals surface area (Å²) in [5, 5.41) is 5.15. The minimum atomic E-state index is -4.69. The number of nitrogens with zero attached hydrogens (tertiary/aromatic N) is 2. The van der Waals surface area contributed by atoms with Crippen LogP contribution in [0.1, 0.15) is 26.0 Å². The van der Waals surface area contributed by atoms with Crippen LogP contribution in [-0.4, -0.2) is 16.0 Å². The van der Waals surface area contributed by atoms with E-state index in [2.05, 4.69) is 20.6 Å². The Morgan fingerprint density at radius 2 is 1.83 bits per heavy atom. The van der Waals surface area contributed by atoms with Crippen LogP contribution in [-0.2, 0) is 6.18 Å². The summed E-state index contributed by atoms with van der Waals surface area (Å²) in [6.07, 6.45) is -4.04. The Bertz CT molecular complexity index is 717. The number of benzene rings is 1. The van der Waals surface area contributed by atoms with E-state index in [1.807, 2.05) is 6.92 Å². The maximum atomic E-state index is 13.7. The quantitative estimate of drug-likeness (QED) is 0.769. The van der Waals surface area contributed by atoms with Gasteiger partial charge in [-0.25, -0.2) is 13.8 Å². The zero-order valence-electron chi connectivity index (χ0n) is 12.9. The molecule has 0 saturated carbocycles. The first-order valence-corrected chi connectivity index (χ1v) is 7.14. The van der Waals surface area contributed by atoms with E-state index in [0.29, 0.717) is 18.6 Å². The summed E-state index contributed by atoms with van der Waals surface area (Å²) in [4.78, 5) is 7.33. The molecule has 0 aliphatic rings. The molecule has 1 heterocycles. The van der Waals surface area contributed by atoms with Gasteiger partial charge in [-0.3, -0.25) is 0 Å². The van der Waals surface area contributed by atoms with Gasteiger partial charge < -0.3 is 10.6 Å². The lowest BCUT2D eigenvalue weighted by Gasteiger charge is -2.15. The average Bonchev–Trinajstić information content (AvgIpc) is 2.49. The summed E-state index contributed by atoms with van der Waals surface area (Å²) in [5.74, 6) is -2.23. The molecule has 24 heavy (non-hydrogen) atoms. The number of nitrogens with one attached hydrogen (secondary N) is 2. The van der Waals surface area contributed by atoms with Gasteiger partial charge in [-0.1, -0.05) is 6.92 Å². The van der Waals surface area contributed by atoms with Crippen LogP contribution < -0.4 is 10.6 Å². The molecule has 0 spiro atoms. The zero-order valence-corrected chi connectivity index (χ0v) is 12.9. The average molecular weight is 346 g/mol. The van der Waals surface area contributed by atoms with Gasteiger partial charge in [0, 0.05) is 18.2 Å². The second kappa shape index (κ2) is 6.98. The lowest BCUT2D eigenvalue weighted by Crippen LogP contribution is -2.18. The van der Waals surface area contributed by atoms with Gasteiger partial charge in [0.25, 0.3) is 0 Å². The van der Waals surface area contributed by atoms with Crippen LogP contribution in [0.15, 0.2) is 24.3 Å². The molecule has 0 amide bonds. The predicted molar refractivity (Wildman–Crippen MR) is 80.1 cm³/mol. The SMILES string of the molecule is CC[C@H](C)Nc1nc(Nc2ccc(F)cc2F)cc(C(F)(F)F)n1. The highest BCUT2D eigenvalue weighted by molar-refractivity contribution is 5.58. The van der Waals surface area contributed by atoms with Crippen LogP contribution in [0.3, 0.4) is 0 Å². The maximum Gasteiger partial charge on any atom is 0.433 e. The second-order valence-corrected chi connectivity index (χ2v) is 5.16. The van der Waals surface area contributed by atoms with Crippen molar-refractivity contribution in [3.63, 3.8) is 0 Å². The highest BCUT2D eigenvalue weighted by atomic mass is 19.4. The van der Waals surface area contributed by atoms with E-state index in [-0.39, 0.29) is 23.5 Å². The summed E-state index contributed by atoms with van der Waals surface area (Å²) in [5.41, 5.74) is -1.37. The Kier molecular flexibility index (Phi) is 5.20. The van der Waals surface area contributed by atoms with Crippen LogP contribution in [0, 0.1) is 11.6 Å². The fraction of sp³-hybridized carbons (Fsp3) is 0.333. The fourth-order valence-electron chi connectivity index (χ4n) is 1.77. The Morgan fingerprint density at radius 1 is 1.12 bits per heavy atom. The molecule has 0 saturated heterocycles. The van der Waals surface area contributed by atoms with E-state index in [4.69, 9.17) is 0 Å². The Morgan fingerprint density at radius 3 is 2.42 bits per heavy atom. The Balaban J connectivity index is 2.38. The van der Waals surface area contributed by atoms with E-state index in [9.17, 15) is 22.0 Å². The standard InChI is InChI=1S/C15H15F5N4/c1-3-8(2)21-14-23-12(15(18,19)20)7-13(24-14)22-11-5-4-9(16)6-10(11)17/h4-8H,3H2,1-2H3,(H2,21,22,23,24)/t8-/m0/s1. The van der Waals surface area contributed by atoms with Gasteiger partial charge in [0.05, 0.1) is 5.69 Å². The molecule has 1 atom stereocenters. The molecule has 1 aromatic heterocycles. The van der Waals surface area contributed by atoms with Crippen LogP contribution in [0.2, 0.25) is 0 Å². The first kappa shape index (κ1) is 17.9. The number of halogens is 5. The van der Waals surface area contributed by atoms with Crippen LogP contribution in [0.25, 0.3) is 0 Å². The molecule has 130 valence electrons. The molecule has 9 heteroatoms. The van der Waals surface area contributed by atoms with Gasteiger partial charge in [0.15, 0.2) is 5.69 Å². The number of hydrogen-bond donors (Lipinski definition) is 2. The molecule has 2 aromatic rings. The van der Waals surface area contributed by atoms with Gasteiger partial charge in [0.2, 0.25) is 5.95 Å². The number of alkyl halides is 3. The molecular formula is C15H15F5N4. The first-order valence-electron chi connectivity index (χ1n) is 7.14. The molecule has 4 nitrogen and oxygen atoms in total. The van der Waals surface area contributed by atoms with Crippen molar-refractivity contribution in [2.75, 3.05) is 10.6 Å². The molecule has 1 aromatic carbocycles. The Labute approximate surface area is 135 Å². The summed E-state index contributed by atoms with van der Waals surface area (Å²) >= 11 is 0. The molecule has 0 aliphatic carbocycles. The minimum Gasteiger partial charge on any atom is -0.352 e. The zero-order chi connectivity index (χ0) is 17.9. The Hall–Kier alpha value is -2.45. The van der Waals surface area contributed by atoms with Crippen molar-refractivity contribution in [1.29, 1.82) is 0 Å².